The third-order valence-corrected chi connectivity index (χ3v) is 5.06. The third-order valence-electron chi connectivity index (χ3n) is 5.06. The van der Waals surface area contributed by atoms with Gasteiger partial charge in [-0.25, -0.2) is 0 Å². The van der Waals surface area contributed by atoms with Crippen LogP contribution in [-0.4, -0.2) is 22.3 Å². The van der Waals surface area contributed by atoms with Crippen LogP contribution in [0, 0.1) is 12.8 Å². The summed E-state index contributed by atoms with van der Waals surface area (Å²) in [5, 5.41) is 7.15. The van der Waals surface area contributed by atoms with Gasteiger partial charge >= 0.3 is 0 Å². The molecule has 0 aliphatic heterocycles. The zero-order valence-corrected chi connectivity index (χ0v) is 16.5. The molecule has 27 heavy (non-hydrogen) atoms. The zero-order valence-electron chi connectivity index (χ0n) is 16.5. The van der Waals surface area contributed by atoms with Crippen molar-refractivity contribution in [1.29, 1.82) is 0 Å². The molecule has 5 nitrogen and oxygen atoms in total. The molecule has 1 N–H and O–H groups in total. The van der Waals surface area contributed by atoms with Crippen LogP contribution in [0.1, 0.15) is 66.7 Å². The molecular formula is C22H31N3O2. The van der Waals surface area contributed by atoms with Gasteiger partial charge in [-0.1, -0.05) is 50.7 Å². The molecule has 1 amide bonds. The summed E-state index contributed by atoms with van der Waals surface area (Å²) in [6, 6.07) is 9.74. The Labute approximate surface area is 162 Å². The Morgan fingerprint density at radius 1 is 1.22 bits per heavy atom. The molecule has 146 valence electrons. The van der Waals surface area contributed by atoms with E-state index in [2.05, 4.69) is 10.4 Å². The quantitative estimate of drug-likeness (QED) is 0.597. The van der Waals surface area contributed by atoms with E-state index in [-0.39, 0.29) is 5.91 Å². The molecule has 5 heteroatoms. The maximum absolute atomic E-state index is 12.3. The first-order valence-electron chi connectivity index (χ1n) is 10.1. The van der Waals surface area contributed by atoms with Crippen molar-refractivity contribution in [3.63, 3.8) is 0 Å². The summed E-state index contributed by atoms with van der Waals surface area (Å²) in [5.41, 5.74) is 2.44. The van der Waals surface area contributed by atoms with Gasteiger partial charge in [0.2, 0.25) is 0 Å². The Hall–Kier alpha value is -2.30. The molecule has 1 aromatic heterocycles. The van der Waals surface area contributed by atoms with Crippen LogP contribution in [0.2, 0.25) is 0 Å². The molecule has 1 saturated carbocycles. The van der Waals surface area contributed by atoms with Crippen LogP contribution in [-0.2, 0) is 13.6 Å². The van der Waals surface area contributed by atoms with Crippen molar-refractivity contribution < 1.29 is 9.53 Å². The standard InChI is InChI=1S/C22H31N3O2/c1-17-14-21(25(2)24-17)22(26)23-16-19-9-7-10-20(15-19)27-13-6-4-3-5-8-18-11-12-18/h7,9-10,14-15,18H,3-6,8,11-13,16H2,1-2H3,(H,23,26). The van der Waals surface area contributed by atoms with Crippen molar-refractivity contribution in [2.75, 3.05) is 6.61 Å². The van der Waals surface area contributed by atoms with Gasteiger partial charge in [-0.2, -0.15) is 5.10 Å². The average molecular weight is 370 g/mol. The number of amides is 1. The third kappa shape index (κ3) is 6.42. The fourth-order valence-corrected chi connectivity index (χ4v) is 3.33. The van der Waals surface area contributed by atoms with Crippen molar-refractivity contribution in [2.24, 2.45) is 13.0 Å². The summed E-state index contributed by atoms with van der Waals surface area (Å²) in [6.45, 7) is 3.11. The van der Waals surface area contributed by atoms with Gasteiger partial charge in [0, 0.05) is 13.6 Å². The molecule has 1 heterocycles. The number of carbonyl (C=O) groups excluding carboxylic acids is 1. The molecule has 1 fully saturated rings. The molecule has 1 aromatic carbocycles. The van der Waals surface area contributed by atoms with Gasteiger partial charge in [-0.3, -0.25) is 9.48 Å². The van der Waals surface area contributed by atoms with E-state index >= 15 is 0 Å². The maximum atomic E-state index is 12.3. The average Bonchev–Trinajstić information content (AvgIpc) is 3.42. The van der Waals surface area contributed by atoms with E-state index in [0.717, 1.165) is 36.0 Å². The van der Waals surface area contributed by atoms with Crippen LogP contribution < -0.4 is 10.1 Å². The van der Waals surface area contributed by atoms with E-state index in [4.69, 9.17) is 4.74 Å². The van der Waals surface area contributed by atoms with Crippen LogP contribution in [0.3, 0.4) is 0 Å². The Balaban J connectivity index is 1.36. The van der Waals surface area contributed by atoms with Crippen molar-refractivity contribution in [3.05, 3.63) is 47.3 Å². The number of hydrogen-bond acceptors (Lipinski definition) is 3. The van der Waals surface area contributed by atoms with Gasteiger partial charge in [0.05, 0.1) is 12.3 Å². The SMILES string of the molecule is Cc1cc(C(=O)NCc2cccc(OCCCCCCC3CC3)c2)n(C)n1. The topological polar surface area (TPSA) is 56.1 Å². The molecule has 0 bridgehead atoms. The Morgan fingerprint density at radius 3 is 2.78 bits per heavy atom. The van der Waals surface area contributed by atoms with Crippen LogP contribution in [0.15, 0.2) is 30.3 Å². The summed E-state index contributed by atoms with van der Waals surface area (Å²) in [6.07, 6.45) is 9.38. The highest BCUT2D eigenvalue weighted by molar-refractivity contribution is 5.92. The first kappa shape index (κ1) is 19.5. The fourth-order valence-electron chi connectivity index (χ4n) is 3.33. The van der Waals surface area contributed by atoms with Crippen LogP contribution in [0.4, 0.5) is 0 Å². The molecule has 0 radical (unpaired) electrons. The Morgan fingerprint density at radius 2 is 2.04 bits per heavy atom. The summed E-state index contributed by atoms with van der Waals surface area (Å²) >= 11 is 0. The van der Waals surface area contributed by atoms with Crippen LogP contribution >= 0.6 is 0 Å². The second-order valence-corrected chi connectivity index (χ2v) is 7.62. The number of unbranched alkanes of at least 4 members (excludes halogenated alkanes) is 3. The van der Waals surface area contributed by atoms with E-state index in [1.165, 1.54) is 38.5 Å². The highest BCUT2D eigenvalue weighted by Crippen LogP contribution is 2.34. The van der Waals surface area contributed by atoms with Crippen molar-refractivity contribution in [1.82, 2.24) is 15.1 Å². The molecule has 0 saturated heterocycles. The lowest BCUT2D eigenvalue weighted by Gasteiger charge is -2.09. The lowest BCUT2D eigenvalue weighted by atomic mass is 10.1. The molecule has 0 unspecified atom stereocenters. The number of rotatable bonds is 11. The summed E-state index contributed by atoms with van der Waals surface area (Å²) in [5.74, 6) is 1.80. The number of aryl methyl sites for hydroxylation is 2. The number of nitrogens with zero attached hydrogens (tertiary/aromatic N) is 2. The van der Waals surface area contributed by atoms with Crippen molar-refractivity contribution in [3.8, 4) is 5.75 Å². The maximum Gasteiger partial charge on any atom is 0.269 e. The van der Waals surface area contributed by atoms with E-state index < -0.39 is 0 Å². The molecule has 0 spiro atoms. The van der Waals surface area contributed by atoms with Gasteiger partial charge in [0.25, 0.3) is 5.91 Å². The largest absolute Gasteiger partial charge is 0.494 e. The van der Waals surface area contributed by atoms with E-state index in [1.807, 2.05) is 31.2 Å². The van der Waals surface area contributed by atoms with Gasteiger partial charge in [-0.15, -0.1) is 0 Å². The van der Waals surface area contributed by atoms with Crippen LogP contribution in [0.25, 0.3) is 0 Å². The van der Waals surface area contributed by atoms with E-state index in [1.54, 1.807) is 17.8 Å². The minimum absolute atomic E-state index is 0.115. The zero-order chi connectivity index (χ0) is 19.1. The molecule has 1 aliphatic rings. The summed E-state index contributed by atoms with van der Waals surface area (Å²) in [7, 11) is 1.78. The monoisotopic (exact) mass is 369 g/mol. The minimum atomic E-state index is -0.115. The summed E-state index contributed by atoms with van der Waals surface area (Å²) < 4.78 is 7.48. The number of benzene rings is 1. The normalized spacial score (nSPS) is 13.6. The number of carbonyl (C=O) groups is 1. The van der Waals surface area contributed by atoms with Crippen LogP contribution in [0.5, 0.6) is 5.75 Å². The second kappa shape index (κ2) is 9.58. The van der Waals surface area contributed by atoms with Gasteiger partial charge in [-0.05, 0) is 43.0 Å². The number of aromatic nitrogens is 2. The van der Waals surface area contributed by atoms with Crippen molar-refractivity contribution in [2.45, 2.75) is 58.4 Å². The summed E-state index contributed by atoms with van der Waals surface area (Å²) in [4.78, 5) is 12.3. The Bertz CT molecular complexity index is 750. The molecule has 2 aromatic rings. The van der Waals surface area contributed by atoms with Gasteiger partial charge in [0.15, 0.2) is 0 Å². The van der Waals surface area contributed by atoms with E-state index in [9.17, 15) is 4.79 Å². The number of ether oxygens (including phenoxy) is 1. The molecule has 1 aliphatic carbocycles. The lowest BCUT2D eigenvalue weighted by Crippen LogP contribution is -2.25. The first-order chi connectivity index (χ1) is 13.1. The molecule has 0 atom stereocenters. The highest BCUT2D eigenvalue weighted by atomic mass is 16.5. The van der Waals surface area contributed by atoms with Gasteiger partial charge < -0.3 is 10.1 Å². The molecular weight excluding hydrogens is 338 g/mol. The van der Waals surface area contributed by atoms with Crippen molar-refractivity contribution >= 4 is 5.91 Å². The van der Waals surface area contributed by atoms with E-state index in [0.29, 0.717) is 12.2 Å². The molecule has 3 rings (SSSR count). The number of nitrogens with one attached hydrogen (secondary N) is 1. The number of hydrogen-bond donors (Lipinski definition) is 1. The highest BCUT2D eigenvalue weighted by Gasteiger charge is 2.19. The predicted molar refractivity (Wildman–Crippen MR) is 107 cm³/mol. The Kier molecular flexibility index (Phi) is 6.91. The second-order valence-electron chi connectivity index (χ2n) is 7.62. The minimum Gasteiger partial charge on any atom is -0.494 e. The first-order valence-corrected chi connectivity index (χ1v) is 10.1. The fraction of sp³-hybridized carbons (Fsp3) is 0.545. The predicted octanol–water partition coefficient (Wildman–Crippen LogP) is 4.40. The van der Waals surface area contributed by atoms with Gasteiger partial charge in [0.1, 0.15) is 11.4 Å². The lowest BCUT2D eigenvalue weighted by molar-refractivity contribution is 0.0941. The smallest absolute Gasteiger partial charge is 0.269 e.